The van der Waals surface area contributed by atoms with Crippen LogP contribution in [0.15, 0.2) is 33.8 Å². The molecule has 2 aromatic rings. The summed E-state index contributed by atoms with van der Waals surface area (Å²) >= 11 is 3.35. The van der Waals surface area contributed by atoms with Gasteiger partial charge in [-0.25, -0.2) is 4.68 Å². The quantitative estimate of drug-likeness (QED) is 0.879. The Kier molecular flexibility index (Phi) is 2.95. The highest BCUT2D eigenvalue weighted by atomic mass is 79.9. The van der Waals surface area contributed by atoms with Gasteiger partial charge in [0.2, 0.25) is 0 Å². The maximum absolute atomic E-state index is 12.1. The lowest BCUT2D eigenvalue weighted by Crippen LogP contribution is -2.14. The van der Waals surface area contributed by atoms with Crippen LogP contribution in [0, 0.1) is 0 Å². The molecular weight excluding hydrogens is 282 g/mol. The molecule has 0 aliphatic rings. The van der Waals surface area contributed by atoms with Gasteiger partial charge in [-0.05, 0) is 28.1 Å². The number of rotatable bonds is 1. The summed E-state index contributed by atoms with van der Waals surface area (Å²) in [6.07, 6.45) is 3.32. The first-order chi connectivity index (χ1) is 7.91. The summed E-state index contributed by atoms with van der Waals surface area (Å²) in [7, 11) is 0. The Morgan fingerprint density at radius 2 is 1.88 bits per heavy atom. The van der Waals surface area contributed by atoms with E-state index in [1.807, 2.05) is 0 Å². The Bertz CT molecular complexity index is 578. The third-order valence-electron chi connectivity index (χ3n) is 2.50. The van der Waals surface area contributed by atoms with Gasteiger partial charge >= 0.3 is 0 Å². The molecule has 0 aromatic carbocycles. The van der Waals surface area contributed by atoms with E-state index in [-0.39, 0.29) is 11.0 Å². The van der Waals surface area contributed by atoms with Gasteiger partial charge in [-0.15, -0.1) is 0 Å². The molecule has 0 radical (unpaired) electrons. The van der Waals surface area contributed by atoms with Gasteiger partial charge in [0, 0.05) is 17.8 Å². The van der Waals surface area contributed by atoms with Crippen molar-refractivity contribution in [3.05, 3.63) is 45.0 Å². The molecule has 0 bridgehead atoms. The summed E-state index contributed by atoms with van der Waals surface area (Å²) in [4.78, 5) is 16.0. The molecule has 4 nitrogen and oxygen atoms in total. The Hall–Kier alpha value is -1.36. The van der Waals surface area contributed by atoms with Gasteiger partial charge in [0.25, 0.3) is 5.56 Å². The lowest BCUT2D eigenvalue weighted by atomic mass is 9.93. The van der Waals surface area contributed by atoms with Crippen LogP contribution < -0.4 is 5.56 Å². The van der Waals surface area contributed by atoms with E-state index in [9.17, 15) is 4.79 Å². The zero-order valence-electron chi connectivity index (χ0n) is 9.99. The second-order valence-corrected chi connectivity index (χ2v) is 5.69. The monoisotopic (exact) mass is 295 g/mol. The molecule has 0 spiro atoms. The summed E-state index contributed by atoms with van der Waals surface area (Å²) in [5.74, 6) is 0. The smallest absolute Gasteiger partial charge is 0.285 e. The number of H-pyrrole nitrogens is 1. The van der Waals surface area contributed by atoms with Crippen LogP contribution in [-0.4, -0.2) is 14.8 Å². The molecule has 2 rings (SSSR count). The van der Waals surface area contributed by atoms with Crippen LogP contribution in [0.5, 0.6) is 0 Å². The van der Waals surface area contributed by atoms with Crippen LogP contribution in [0.2, 0.25) is 0 Å². The highest BCUT2D eigenvalue weighted by molar-refractivity contribution is 9.10. The van der Waals surface area contributed by atoms with Gasteiger partial charge < -0.3 is 0 Å². The van der Waals surface area contributed by atoms with E-state index in [1.54, 1.807) is 24.5 Å². The van der Waals surface area contributed by atoms with Crippen molar-refractivity contribution in [1.29, 1.82) is 0 Å². The van der Waals surface area contributed by atoms with Crippen molar-refractivity contribution < 1.29 is 0 Å². The highest BCUT2D eigenvalue weighted by Gasteiger charge is 2.23. The standard InChI is InChI=1S/C12H14BrN3O/c1-12(2,3)10-9(13)11(17)16(15-10)8-4-6-14-7-5-8/h4-7,15H,1-3H3. The van der Waals surface area contributed by atoms with Crippen molar-refractivity contribution in [3.63, 3.8) is 0 Å². The molecule has 5 heteroatoms. The van der Waals surface area contributed by atoms with Gasteiger partial charge in [0.15, 0.2) is 0 Å². The first kappa shape index (κ1) is 12.1. The third-order valence-corrected chi connectivity index (χ3v) is 3.24. The van der Waals surface area contributed by atoms with Gasteiger partial charge in [-0.3, -0.25) is 14.9 Å². The number of hydrogen-bond donors (Lipinski definition) is 1. The highest BCUT2D eigenvalue weighted by Crippen LogP contribution is 2.26. The molecule has 0 unspecified atom stereocenters. The lowest BCUT2D eigenvalue weighted by Gasteiger charge is -2.16. The second-order valence-electron chi connectivity index (χ2n) is 4.90. The molecule has 0 aliphatic heterocycles. The minimum atomic E-state index is -0.115. The van der Waals surface area contributed by atoms with Crippen LogP contribution in [0.3, 0.4) is 0 Å². The first-order valence-corrected chi connectivity index (χ1v) is 6.12. The summed E-state index contributed by atoms with van der Waals surface area (Å²) in [5.41, 5.74) is 1.47. The van der Waals surface area contributed by atoms with Crippen LogP contribution in [0.25, 0.3) is 5.69 Å². The first-order valence-electron chi connectivity index (χ1n) is 5.32. The fraction of sp³-hybridized carbons (Fsp3) is 0.333. The van der Waals surface area contributed by atoms with Crippen LogP contribution in [-0.2, 0) is 5.41 Å². The molecule has 0 aliphatic carbocycles. The molecule has 0 amide bonds. The molecular formula is C12H14BrN3O. The van der Waals surface area contributed by atoms with Gasteiger partial charge in [-0.2, -0.15) is 0 Å². The Morgan fingerprint density at radius 3 is 2.35 bits per heavy atom. The minimum absolute atomic E-state index is 0.0823. The molecule has 90 valence electrons. The van der Waals surface area contributed by atoms with E-state index in [4.69, 9.17) is 0 Å². The molecule has 0 saturated carbocycles. The fourth-order valence-corrected chi connectivity index (χ4v) is 2.45. The number of aromatic amines is 1. The SMILES string of the molecule is CC(C)(C)c1[nH]n(-c2ccncc2)c(=O)c1Br. The van der Waals surface area contributed by atoms with Crippen LogP contribution in [0.4, 0.5) is 0 Å². The molecule has 1 N–H and O–H groups in total. The third kappa shape index (κ3) is 2.20. The average Bonchev–Trinajstić information content (AvgIpc) is 2.57. The lowest BCUT2D eigenvalue weighted by molar-refractivity contribution is 0.557. The zero-order chi connectivity index (χ0) is 12.6. The Morgan fingerprint density at radius 1 is 1.29 bits per heavy atom. The number of pyridine rings is 1. The van der Waals surface area contributed by atoms with Crippen molar-refractivity contribution >= 4 is 15.9 Å². The second kappa shape index (κ2) is 4.14. The summed E-state index contributed by atoms with van der Waals surface area (Å²) < 4.78 is 2.11. The van der Waals surface area contributed by atoms with Crippen molar-refractivity contribution in [1.82, 2.24) is 14.8 Å². The molecule has 0 saturated heterocycles. The van der Waals surface area contributed by atoms with Crippen LogP contribution in [0.1, 0.15) is 26.5 Å². The zero-order valence-corrected chi connectivity index (χ0v) is 11.6. The number of nitrogens with one attached hydrogen (secondary N) is 1. The number of nitrogens with zero attached hydrogens (tertiary/aromatic N) is 2. The van der Waals surface area contributed by atoms with E-state index in [2.05, 4.69) is 46.8 Å². The van der Waals surface area contributed by atoms with Crippen molar-refractivity contribution in [2.75, 3.05) is 0 Å². The summed E-state index contributed by atoms with van der Waals surface area (Å²) in [5, 5.41) is 3.14. The normalized spacial score (nSPS) is 11.8. The van der Waals surface area contributed by atoms with E-state index >= 15 is 0 Å². The summed E-state index contributed by atoms with van der Waals surface area (Å²) in [6.45, 7) is 6.17. The predicted octanol–water partition coefficient (Wildman–Crippen LogP) is 2.62. The molecule has 2 aromatic heterocycles. The minimum Gasteiger partial charge on any atom is -0.293 e. The van der Waals surface area contributed by atoms with Gasteiger partial charge in [0.05, 0.1) is 11.4 Å². The largest absolute Gasteiger partial charge is 0.293 e. The topological polar surface area (TPSA) is 50.7 Å². The number of hydrogen-bond acceptors (Lipinski definition) is 2. The Balaban J connectivity index is 2.63. The van der Waals surface area contributed by atoms with Crippen molar-refractivity contribution in [2.24, 2.45) is 0 Å². The van der Waals surface area contributed by atoms with E-state index in [0.717, 1.165) is 11.4 Å². The van der Waals surface area contributed by atoms with Gasteiger partial charge in [0.1, 0.15) is 4.47 Å². The number of halogens is 1. The summed E-state index contributed by atoms with van der Waals surface area (Å²) in [6, 6.07) is 3.58. The molecule has 0 atom stereocenters. The van der Waals surface area contributed by atoms with E-state index in [1.165, 1.54) is 4.68 Å². The van der Waals surface area contributed by atoms with Crippen molar-refractivity contribution in [3.8, 4) is 5.69 Å². The molecule has 17 heavy (non-hydrogen) atoms. The maximum Gasteiger partial charge on any atom is 0.285 e. The maximum atomic E-state index is 12.1. The van der Waals surface area contributed by atoms with E-state index in [0.29, 0.717) is 4.47 Å². The predicted molar refractivity (Wildman–Crippen MR) is 70.6 cm³/mol. The van der Waals surface area contributed by atoms with Crippen molar-refractivity contribution in [2.45, 2.75) is 26.2 Å². The number of aromatic nitrogens is 3. The fourth-order valence-electron chi connectivity index (χ4n) is 1.59. The molecule has 2 heterocycles. The average molecular weight is 296 g/mol. The van der Waals surface area contributed by atoms with Gasteiger partial charge in [-0.1, -0.05) is 20.8 Å². The van der Waals surface area contributed by atoms with E-state index < -0.39 is 0 Å². The molecule has 0 fully saturated rings. The van der Waals surface area contributed by atoms with Crippen LogP contribution >= 0.6 is 15.9 Å². The Labute approximate surface area is 108 Å².